The fourth-order valence-electron chi connectivity index (χ4n) is 6.97. The lowest BCUT2D eigenvalue weighted by atomic mass is 9.66. The minimum Gasteiger partial charge on any atom is -0.496 e. The van der Waals surface area contributed by atoms with Crippen LogP contribution in [0.2, 0.25) is 10.0 Å². The number of ether oxygens (including phenoxy) is 1. The first-order valence-electron chi connectivity index (χ1n) is 16.6. The van der Waals surface area contributed by atoms with E-state index in [1.165, 1.54) is 26.2 Å². The van der Waals surface area contributed by atoms with E-state index in [1.54, 1.807) is 75.1 Å². The van der Waals surface area contributed by atoms with Gasteiger partial charge in [0.2, 0.25) is 11.8 Å². The van der Waals surface area contributed by atoms with E-state index in [9.17, 15) is 18.0 Å². The van der Waals surface area contributed by atoms with Crippen LogP contribution in [0.25, 0.3) is 0 Å². The Hall–Kier alpha value is -3.47. The van der Waals surface area contributed by atoms with E-state index in [4.69, 9.17) is 27.9 Å². The van der Waals surface area contributed by atoms with E-state index in [2.05, 4.69) is 5.32 Å². The number of rotatable bonds is 11. The number of hydrogen-bond donors (Lipinski definition) is 1. The first kappa shape index (κ1) is 37.8. The summed E-state index contributed by atoms with van der Waals surface area (Å²) in [6, 6.07) is 14.8. The molecule has 1 saturated heterocycles. The van der Waals surface area contributed by atoms with Gasteiger partial charge < -0.3 is 15.0 Å². The Kier molecular flexibility index (Phi) is 10.8. The SMILES string of the molecule is COc1cc(NC(=O)C[C@@]2(C)C[C@H](c3cccc(Cl)c3)[C@@H](c3ccc(Cl)c(F)c3)N([C@H](CS(=O)(=O)C(C)(C)C)C3CC3)C2=O)ccc1C(C)=O. The number of nitrogens with zero attached hydrogens (tertiary/aromatic N) is 1. The maximum atomic E-state index is 15.2. The maximum absolute atomic E-state index is 15.2. The van der Waals surface area contributed by atoms with Gasteiger partial charge in [-0.2, -0.15) is 0 Å². The number of sulfone groups is 1. The molecule has 4 atom stereocenters. The Bertz CT molecular complexity index is 1930. The van der Waals surface area contributed by atoms with Crippen molar-refractivity contribution < 1.29 is 31.9 Å². The van der Waals surface area contributed by atoms with Crippen molar-refractivity contribution in [2.45, 2.75) is 83.1 Å². The second kappa shape index (κ2) is 14.3. The zero-order chi connectivity index (χ0) is 36.8. The number of carbonyl (C=O) groups is 3. The van der Waals surface area contributed by atoms with Crippen LogP contribution in [0, 0.1) is 17.2 Å². The molecule has 1 heterocycles. The Morgan fingerprint density at radius 2 is 1.76 bits per heavy atom. The van der Waals surface area contributed by atoms with Crippen LogP contribution in [-0.4, -0.2) is 54.6 Å². The van der Waals surface area contributed by atoms with Crippen LogP contribution < -0.4 is 10.1 Å². The first-order chi connectivity index (χ1) is 23.3. The Morgan fingerprint density at radius 3 is 2.34 bits per heavy atom. The van der Waals surface area contributed by atoms with Crippen LogP contribution in [0.4, 0.5) is 10.1 Å². The largest absolute Gasteiger partial charge is 0.496 e. The lowest BCUT2D eigenvalue weighted by molar-refractivity contribution is -0.156. The molecule has 5 rings (SSSR count). The highest BCUT2D eigenvalue weighted by Gasteiger charge is 2.55. The maximum Gasteiger partial charge on any atom is 0.229 e. The molecule has 1 saturated carbocycles. The molecule has 0 radical (unpaired) electrons. The second-order valence-corrected chi connectivity index (χ2v) is 18.4. The van der Waals surface area contributed by atoms with Gasteiger partial charge in [-0.25, -0.2) is 12.8 Å². The van der Waals surface area contributed by atoms with Gasteiger partial charge >= 0.3 is 0 Å². The summed E-state index contributed by atoms with van der Waals surface area (Å²) in [6.07, 6.45) is 1.40. The minimum absolute atomic E-state index is 0.0785. The van der Waals surface area contributed by atoms with Crippen molar-refractivity contribution in [3.63, 3.8) is 0 Å². The lowest BCUT2D eigenvalue weighted by Crippen LogP contribution is -2.59. The van der Waals surface area contributed by atoms with E-state index in [0.717, 1.165) is 18.4 Å². The second-order valence-electron chi connectivity index (χ2n) is 14.8. The Morgan fingerprint density at radius 1 is 1.06 bits per heavy atom. The Balaban J connectivity index is 1.63. The molecule has 50 heavy (non-hydrogen) atoms. The molecule has 12 heteroatoms. The third kappa shape index (κ3) is 7.87. The van der Waals surface area contributed by atoms with Crippen molar-refractivity contribution in [1.29, 1.82) is 0 Å². The molecule has 1 aliphatic heterocycles. The number of amides is 2. The average Bonchev–Trinajstić information content (AvgIpc) is 3.87. The monoisotopic (exact) mass is 744 g/mol. The number of carbonyl (C=O) groups excluding carboxylic acids is 3. The van der Waals surface area contributed by atoms with Crippen LogP contribution in [-0.2, 0) is 19.4 Å². The van der Waals surface area contributed by atoms with Crippen LogP contribution in [0.3, 0.4) is 0 Å². The van der Waals surface area contributed by atoms with Crippen molar-refractivity contribution >= 4 is 56.3 Å². The number of halogens is 3. The van der Waals surface area contributed by atoms with Gasteiger partial charge in [-0.15, -0.1) is 0 Å². The number of ketones is 1. The third-order valence-corrected chi connectivity index (χ3v) is 13.1. The molecular formula is C38H43Cl2FN2O6S. The smallest absolute Gasteiger partial charge is 0.229 e. The van der Waals surface area contributed by atoms with E-state index < -0.39 is 55.6 Å². The zero-order valence-corrected chi connectivity index (χ0v) is 31.4. The summed E-state index contributed by atoms with van der Waals surface area (Å²) >= 11 is 12.6. The molecule has 1 N–H and O–H groups in total. The summed E-state index contributed by atoms with van der Waals surface area (Å²) in [5, 5.41) is 3.23. The number of methoxy groups -OCH3 is 1. The lowest BCUT2D eigenvalue weighted by Gasteiger charge is -2.52. The van der Waals surface area contributed by atoms with Crippen LogP contribution in [0.1, 0.15) is 93.7 Å². The highest BCUT2D eigenvalue weighted by molar-refractivity contribution is 7.92. The molecule has 8 nitrogen and oxygen atoms in total. The summed E-state index contributed by atoms with van der Waals surface area (Å²) < 4.78 is 47.1. The normalized spacial score (nSPS) is 21.9. The van der Waals surface area contributed by atoms with Gasteiger partial charge in [0.1, 0.15) is 11.6 Å². The highest BCUT2D eigenvalue weighted by atomic mass is 35.5. The molecule has 2 aliphatic rings. The van der Waals surface area contributed by atoms with Crippen molar-refractivity contribution in [3.05, 3.63) is 93.2 Å². The van der Waals surface area contributed by atoms with Crippen LogP contribution in [0.5, 0.6) is 5.75 Å². The molecule has 0 spiro atoms. The van der Waals surface area contributed by atoms with Gasteiger partial charge in [0.05, 0.1) is 39.7 Å². The number of nitrogens with one attached hydrogen (secondary N) is 1. The standard InChI is InChI=1S/C38H43Cl2FN2O6S/c1-22(44)28-14-13-27(18-33(28)49-6)42-34(45)20-38(5)19-29(24-8-7-9-26(39)16-24)35(25-12-15-30(40)31(41)17-25)43(36(38)46)32(23-10-11-23)21-50(47,48)37(2,3)4/h7-9,12-18,23,29,32,35H,10-11,19-21H2,1-6H3,(H,42,45)/t29-,32-,35-,38-/m1/s1. The summed E-state index contributed by atoms with van der Waals surface area (Å²) in [5.74, 6) is -2.29. The van der Waals surface area contributed by atoms with E-state index in [1.807, 2.05) is 6.07 Å². The molecule has 1 aliphatic carbocycles. The summed E-state index contributed by atoms with van der Waals surface area (Å²) in [7, 11) is -2.30. The zero-order valence-electron chi connectivity index (χ0n) is 29.1. The van der Waals surface area contributed by atoms with Crippen molar-refractivity contribution in [2.24, 2.45) is 11.3 Å². The summed E-state index contributed by atoms with van der Waals surface area (Å²) in [6.45, 7) is 8.05. The van der Waals surface area contributed by atoms with Crippen LogP contribution >= 0.6 is 23.2 Å². The van der Waals surface area contributed by atoms with Crippen molar-refractivity contribution in [1.82, 2.24) is 4.90 Å². The summed E-state index contributed by atoms with van der Waals surface area (Å²) in [5.41, 5.74) is 0.670. The molecular weight excluding hydrogens is 702 g/mol. The van der Waals surface area contributed by atoms with Gasteiger partial charge in [-0.3, -0.25) is 14.4 Å². The van der Waals surface area contributed by atoms with Gasteiger partial charge in [0, 0.05) is 35.2 Å². The number of benzene rings is 3. The molecule has 0 aromatic heterocycles. The van der Waals surface area contributed by atoms with Crippen molar-refractivity contribution in [2.75, 3.05) is 18.2 Å². The molecule has 3 aromatic carbocycles. The molecule has 2 amide bonds. The number of piperidine rings is 1. The van der Waals surface area contributed by atoms with E-state index in [0.29, 0.717) is 27.6 Å². The van der Waals surface area contributed by atoms with Gasteiger partial charge in [0.25, 0.3) is 0 Å². The van der Waals surface area contributed by atoms with E-state index >= 15 is 9.18 Å². The van der Waals surface area contributed by atoms with Gasteiger partial charge in [0.15, 0.2) is 15.6 Å². The average molecular weight is 746 g/mol. The Labute approximate surface area is 303 Å². The first-order valence-corrected chi connectivity index (χ1v) is 19.0. The number of anilines is 1. The topological polar surface area (TPSA) is 110 Å². The minimum atomic E-state index is -3.73. The molecule has 3 aromatic rings. The van der Waals surface area contributed by atoms with Crippen LogP contribution in [0.15, 0.2) is 60.7 Å². The van der Waals surface area contributed by atoms with Gasteiger partial charge in [-0.1, -0.05) is 48.3 Å². The fourth-order valence-corrected chi connectivity index (χ4v) is 8.66. The van der Waals surface area contributed by atoms with E-state index in [-0.39, 0.29) is 35.3 Å². The number of hydrogen-bond acceptors (Lipinski definition) is 6. The number of Topliss-reactive ketones (excluding diaryl/α,β-unsaturated/α-hetero) is 1. The predicted molar refractivity (Wildman–Crippen MR) is 194 cm³/mol. The highest BCUT2D eigenvalue weighted by Crippen LogP contribution is 2.54. The third-order valence-electron chi connectivity index (χ3n) is 9.93. The molecule has 268 valence electrons. The quantitative estimate of drug-likeness (QED) is 0.198. The predicted octanol–water partition coefficient (Wildman–Crippen LogP) is 8.43. The van der Waals surface area contributed by atoms with Gasteiger partial charge in [-0.05, 0) is 100 Å². The van der Waals surface area contributed by atoms with Crippen molar-refractivity contribution in [3.8, 4) is 5.75 Å². The molecule has 0 bridgehead atoms. The fraction of sp³-hybridized carbons (Fsp3) is 0.447. The summed E-state index contributed by atoms with van der Waals surface area (Å²) in [4.78, 5) is 42.5. The molecule has 2 fully saturated rings. The molecule has 0 unspecified atom stereocenters. The number of likely N-dealkylation sites (tertiary alicyclic amines) is 1.